The van der Waals surface area contributed by atoms with Crippen molar-refractivity contribution in [2.24, 2.45) is 0 Å². The predicted octanol–water partition coefficient (Wildman–Crippen LogP) is 3.06. The number of hydrogen-bond donors (Lipinski definition) is 1. The van der Waals surface area contributed by atoms with Crippen LogP contribution in [0.3, 0.4) is 0 Å². The number of pyridine rings is 1. The first-order valence-electron chi connectivity index (χ1n) is 5.59. The molecule has 0 fully saturated rings. The average molecular weight is 273 g/mol. The van der Waals surface area contributed by atoms with Crippen molar-refractivity contribution in [3.05, 3.63) is 35.8 Å². The van der Waals surface area contributed by atoms with Gasteiger partial charge in [-0.2, -0.15) is 0 Å². The fourth-order valence-corrected chi connectivity index (χ4v) is 2.65. The SMILES string of the molecule is COc1ncccc1-c1onc(N)c1-c1cccs1. The lowest BCUT2D eigenvalue weighted by Gasteiger charge is -2.05. The number of nitrogens with zero attached hydrogens (tertiary/aromatic N) is 2. The first-order valence-corrected chi connectivity index (χ1v) is 6.47. The Labute approximate surface area is 113 Å². The van der Waals surface area contributed by atoms with Crippen molar-refractivity contribution in [3.8, 4) is 27.6 Å². The lowest BCUT2D eigenvalue weighted by molar-refractivity contribution is 0.393. The highest BCUT2D eigenvalue weighted by atomic mass is 32.1. The summed E-state index contributed by atoms with van der Waals surface area (Å²) in [4.78, 5) is 5.16. The van der Waals surface area contributed by atoms with Crippen molar-refractivity contribution in [3.63, 3.8) is 0 Å². The van der Waals surface area contributed by atoms with E-state index in [9.17, 15) is 0 Å². The van der Waals surface area contributed by atoms with E-state index in [4.69, 9.17) is 15.0 Å². The van der Waals surface area contributed by atoms with Crippen LogP contribution in [0, 0.1) is 0 Å². The van der Waals surface area contributed by atoms with Gasteiger partial charge in [-0.25, -0.2) is 4.98 Å². The van der Waals surface area contributed by atoms with Gasteiger partial charge in [-0.3, -0.25) is 0 Å². The van der Waals surface area contributed by atoms with Crippen LogP contribution in [-0.2, 0) is 0 Å². The molecule has 19 heavy (non-hydrogen) atoms. The normalized spacial score (nSPS) is 10.6. The third kappa shape index (κ3) is 1.96. The lowest BCUT2D eigenvalue weighted by Crippen LogP contribution is -1.91. The van der Waals surface area contributed by atoms with Crippen molar-refractivity contribution in [2.45, 2.75) is 0 Å². The van der Waals surface area contributed by atoms with Gasteiger partial charge in [0.25, 0.3) is 0 Å². The lowest BCUT2D eigenvalue weighted by atomic mass is 10.1. The highest BCUT2D eigenvalue weighted by molar-refractivity contribution is 7.13. The zero-order chi connectivity index (χ0) is 13.2. The maximum Gasteiger partial charge on any atom is 0.224 e. The fourth-order valence-electron chi connectivity index (χ4n) is 1.87. The second-order valence-corrected chi connectivity index (χ2v) is 4.76. The number of thiophene rings is 1. The average Bonchev–Trinajstić information content (AvgIpc) is 3.07. The van der Waals surface area contributed by atoms with E-state index >= 15 is 0 Å². The van der Waals surface area contributed by atoms with Gasteiger partial charge >= 0.3 is 0 Å². The van der Waals surface area contributed by atoms with Gasteiger partial charge in [-0.1, -0.05) is 11.2 Å². The number of hydrogen-bond acceptors (Lipinski definition) is 6. The summed E-state index contributed by atoms with van der Waals surface area (Å²) in [6.07, 6.45) is 1.66. The summed E-state index contributed by atoms with van der Waals surface area (Å²) in [6, 6.07) is 7.61. The van der Waals surface area contributed by atoms with Crippen LogP contribution >= 0.6 is 11.3 Å². The number of methoxy groups -OCH3 is 1. The van der Waals surface area contributed by atoms with Crippen LogP contribution in [0.2, 0.25) is 0 Å². The number of anilines is 1. The number of ether oxygens (including phenoxy) is 1. The van der Waals surface area contributed by atoms with E-state index in [1.54, 1.807) is 24.6 Å². The molecule has 3 aromatic heterocycles. The van der Waals surface area contributed by atoms with E-state index in [0.29, 0.717) is 17.5 Å². The molecular weight excluding hydrogens is 262 g/mol. The Hall–Kier alpha value is -2.34. The first-order chi connectivity index (χ1) is 9.31. The largest absolute Gasteiger partial charge is 0.480 e. The minimum atomic E-state index is 0.364. The second-order valence-electron chi connectivity index (χ2n) is 3.81. The van der Waals surface area contributed by atoms with E-state index in [2.05, 4.69) is 10.1 Å². The second kappa shape index (κ2) is 4.74. The molecule has 3 rings (SSSR count). The molecular formula is C13H11N3O2S. The molecule has 0 aromatic carbocycles. The third-order valence-corrected chi connectivity index (χ3v) is 3.58. The van der Waals surface area contributed by atoms with Crippen LogP contribution in [0.1, 0.15) is 0 Å². The van der Waals surface area contributed by atoms with Crippen LogP contribution < -0.4 is 10.5 Å². The van der Waals surface area contributed by atoms with Crippen LogP contribution in [0.25, 0.3) is 21.8 Å². The van der Waals surface area contributed by atoms with E-state index in [1.165, 1.54) is 0 Å². The highest BCUT2D eigenvalue weighted by Crippen LogP contribution is 2.41. The summed E-state index contributed by atoms with van der Waals surface area (Å²) >= 11 is 1.58. The molecule has 0 aliphatic heterocycles. The number of nitrogen functional groups attached to an aromatic ring is 1. The molecule has 5 nitrogen and oxygen atoms in total. The first kappa shape index (κ1) is 11.7. The molecule has 6 heteroatoms. The fraction of sp³-hybridized carbons (Fsp3) is 0.0769. The molecule has 0 radical (unpaired) electrons. The third-order valence-electron chi connectivity index (χ3n) is 2.70. The molecule has 0 unspecified atom stereocenters. The summed E-state index contributed by atoms with van der Waals surface area (Å²) in [7, 11) is 1.57. The van der Waals surface area contributed by atoms with Crippen molar-refractivity contribution in [1.82, 2.24) is 10.1 Å². The summed E-state index contributed by atoms with van der Waals surface area (Å²) in [5, 5.41) is 5.83. The summed E-state index contributed by atoms with van der Waals surface area (Å²) in [5.41, 5.74) is 7.41. The molecule has 3 aromatic rings. The Morgan fingerprint density at radius 3 is 2.95 bits per heavy atom. The van der Waals surface area contributed by atoms with Gasteiger partial charge in [-0.15, -0.1) is 11.3 Å². The topological polar surface area (TPSA) is 74.2 Å². The standard InChI is InChI=1S/C13H11N3O2S/c1-17-13-8(4-2-6-15-13)11-10(12(14)16-18-11)9-5-3-7-19-9/h2-7H,1H3,(H2,14,16). The van der Waals surface area contributed by atoms with Gasteiger partial charge in [0.15, 0.2) is 11.6 Å². The molecule has 0 saturated carbocycles. The van der Waals surface area contributed by atoms with Gasteiger partial charge in [0.1, 0.15) is 0 Å². The Morgan fingerprint density at radius 2 is 2.21 bits per heavy atom. The smallest absolute Gasteiger partial charge is 0.224 e. The van der Waals surface area contributed by atoms with E-state index in [-0.39, 0.29) is 0 Å². The summed E-state index contributed by atoms with van der Waals surface area (Å²) in [5.74, 6) is 1.42. The van der Waals surface area contributed by atoms with Gasteiger partial charge < -0.3 is 15.0 Å². The van der Waals surface area contributed by atoms with Gasteiger partial charge in [-0.05, 0) is 23.6 Å². The number of aromatic nitrogens is 2. The van der Waals surface area contributed by atoms with Crippen LogP contribution in [0.4, 0.5) is 5.82 Å². The number of nitrogens with two attached hydrogens (primary N) is 1. The Balaban J connectivity index is 2.22. The van der Waals surface area contributed by atoms with Crippen molar-refractivity contribution >= 4 is 17.2 Å². The molecule has 0 aliphatic rings. The van der Waals surface area contributed by atoms with E-state index in [1.807, 2.05) is 29.6 Å². The van der Waals surface area contributed by atoms with Gasteiger partial charge in [0.05, 0.1) is 18.2 Å². The van der Waals surface area contributed by atoms with Crippen molar-refractivity contribution in [2.75, 3.05) is 12.8 Å². The molecule has 0 atom stereocenters. The molecule has 0 bridgehead atoms. The zero-order valence-corrected chi connectivity index (χ0v) is 11.0. The molecule has 96 valence electrons. The Bertz CT molecular complexity index is 692. The monoisotopic (exact) mass is 273 g/mol. The van der Waals surface area contributed by atoms with E-state index < -0.39 is 0 Å². The Kier molecular flexibility index (Phi) is 2.92. The molecule has 0 aliphatic carbocycles. The zero-order valence-electron chi connectivity index (χ0n) is 10.2. The van der Waals surface area contributed by atoms with Crippen LogP contribution in [-0.4, -0.2) is 17.3 Å². The van der Waals surface area contributed by atoms with Crippen LogP contribution in [0.15, 0.2) is 40.4 Å². The highest BCUT2D eigenvalue weighted by Gasteiger charge is 2.21. The van der Waals surface area contributed by atoms with Gasteiger partial charge in [0.2, 0.25) is 5.88 Å². The molecule has 2 N–H and O–H groups in total. The Morgan fingerprint density at radius 1 is 1.32 bits per heavy atom. The van der Waals surface area contributed by atoms with Crippen molar-refractivity contribution < 1.29 is 9.26 Å². The minimum Gasteiger partial charge on any atom is -0.480 e. The minimum absolute atomic E-state index is 0.364. The summed E-state index contributed by atoms with van der Waals surface area (Å²) in [6.45, 7) is 0. The maximum absolute atomic E-state index is 5.90. The molecule has 0 saturated heterocycles. The summed E-state index contributed by atoms with van der Waals surface area (Å²) < 4.78 is 10.6. The number of rotatable bonds is 3. The maximum atomic E-state index is 5.90. The molecule has 0 spiro atoms. The van der Waals surface area contributed by atoms with Gasteiger partial charge in [0, 0.05) is 11.1 Å². The van der Waals surface area contributed by atoms with Crippen molar-refractivity contribution in [1.29, 1.82) is 0 Å². The predicted molar refractivity (Wildman–Crippen MR) is 74.0 cm³/mol. The quantitative estimate of drug-likeness (QED) is 0.793. The van der Waals surface area contributed by atoms with E-state index in [0.717, 1.165) is 16.0 Å². The molecule has 0 amide bonds. The molecule has 3 heterocycles. The van der Waals surface area contributed by atoms with Crippen LogP contribution in [0.5, 0.6) is 5.88 Å².